The van der Waals surface area contributed by atoms with Crippen molar-refractivity contribution in [3.05, 3.63) is 59.3 Å². The molecule has 21 heavy (non-hydrogen) atoms. The summed E-state index contributed by atoms with van der Waals surface area (Å²) in [5.41, 5.74) is 3.80. The van der Waals surface area contributed by atoms with Crippen LogP contribution in [0.4, 0.5) is 5.82 Å². The van der Waals surface area contributed by atoms with Crippen LogP contribution in [0.3, 0.4) is 0 Å². The van der Waals surface area contributed by atoms with Gasteiger partial charge in [-0.25, -0.2) is 4.98 Å². The summed E-state index contributed by atoms with van der Waals surface area (Å²) in [6, 6.07) is 12.6. The van der Waals surface area contributed by atoms with E-state index < -0.39 is 0 Å². The lowest BCUT2D eigenvalue weighted by atomic mass is 10.1. The van der Waals surface area contributed by atoms with Crippen LogP contribution in [0, 0.1) is 13.8 Å². The maximum absolute atomic E-state index is 5.25. The number of pyridine rings is 1. The largest absolute Gasteiger partial charge is 0.362 e. The topological polar surface area (TPSA) is 37.0 Å². The SMILES string of the molecule is Cc1ccc(CCCNC(=S)Nc2ccc(C)cn2)cc1. The van der Waals surface area contributed by atoms with Crippen molar-refractivity contribution in [1.82, 2.24) is 10.3 Å². The number of hydrogen-bond acceptors (Lipinski definition) is 2. The van der Waals surface area contributed by atoms with Crippen molar-refractivity contribution in [3.8, 4) is 0 Å². The van der Waals surface area contributed by atoms with E-state index in [9.17, 15) is 0 Å². The van der Waals surface area contributed by atoms with Gasteiger partial charge in [-0.3, -0.25) is 0 Å². The molecule has 2 aromatic rings. The molecule has 0 fully saturated rings. The summed E-state index contributed by atoms with van der Waals surface area (Å²) in [5.74, 6) is 0.775. The fourth-order valence-corrected chi connectivity index (χ4v) is 2.16. The Balaban J connectivity index is 1.67. The minimum atomic E-state index is 0.621. The van der Waals surface area contributed by atoms with E-state index in [-0.39, 0.29) is 0 Å². The minimum absolute atomic E-state index is 0.621. The molecule has 0 aliphatic carbocycles. The zero-order valence-electron chi connectivity index (χ0n) is 12.5. The molecule has 1 aromatic heterocycles. The number of nitrogens with zero attached hydrogens (tertiary/aromatic N) is 1. The van der Waals surface area contributed by atoms with E-state index in [1.165, 1.54) is 11.1 Å². The molecule has 4 heteroatoms. The molecule has 110 valence electrons. The molecule has 0 saturated heterocycles. The third-order valence-electron chi connectivity index (χ3n) is 3.20. The second-order valence-electron chi connectivity index (χ2n) is 5.19. The molecule has 0 aliphatic rings. The van der Waals surface area contributed by atoms with Gasteiger partial charge < -0.3 is 10.6 Å². The van der Waals surface area contributed by atoms with Gasteiger partial charge in [0.15, 0.2) is 5.11 Å². The number of hydrogen-bond donors (Lipinski definition) is 2. The van der Waals surface area contributed by atoms with E-state index in [4.69, 9.17) is 12.2 Å². The number of aromatic nitrogens is 1. The Kier molecular flexibility index (Phi) is 5.69. The zero-order valence-corrected chi connectivity index (χ0v) is 13.3. The number of nitrogens with one attached hydrogen (secondary N) is 2. The van der Waals surface area contributed by atoms with Crippen molar-refractivity contribution in [3.63, 3.8) is 0 Å². The van der Waals surface area contributed by atoms with Crippen molar-refractivity contribution in [1.29, 1.82) is 0 Å². The fraction of sp³-hybridized carbons (Fsp3) is 0.294. The predicted molar refractivity (Wildman–Crippen MR) is 92.7 cm³/mol. The van der Waals surface area contributed by atoms with Crippen molar-refractivity contribution < 1.29 is 0 Å². The van der Waals surface area contributed by atoms with Crippen molar-refractivity contribution >= 4 is 23.1 Å². The molecule has 0 spiro atoms. The van der Waals surface area contributed by atoms with Crippen LogP contribution in [0.2, 0.25) is 0 Å². The molecule has 0 aliphatic heterocycles. The predicted octanol–water partition coefficient (Wildman–Crippen LogP) is 3.62. The maximum atomic E-state index is 5.25. The third-order valence-corrected chi connectivity index (χ3v) is 3.45. The van der Waals surface area contributed by atoms with Gasteiger partial charge in [0.2, 0.25) is 0 Å². The van der Waals surface area contributed by atoms with Crippen molar-refractivity contribution in [2.45, 2.75) is 26.7 Å². The van der Waals surface area contributed by atoms with Crippen molar-refractivity contribution in [2.24, 2.45) is 0 Å². The van der Waals surface area contributed by atoms with Crippen LogP contribution in [-0.2, 0) is 6.42 Å². The lowest BCUT2D eigenvalue weighted by Gasteiger charge is -2.10. The van der Waals surface area contributed by atoms with Crippen molar-refractivity contribution in [2.75, 3.05) is 11.9 Å². The average molecular weight is 299 g/mol. The molecule has 0 saturated carbocycles. The van der Waals surface area contributed by atoms with E-state index in [2.05, 4.69) is 46.8 Å². The lowest BCUT2D eigenvalue weighted by Crippen LogP contribution is -2.29. The van der Waals surface area contributed by atoms with Gasteiger partial charge in [0.05, 0.1) is 0 Å². The minimum Gasteiger partial charge on any atom is -0.362 e. The number of benzene rings is 1. The van der Waals surface area contributed by atoms with Gasteiger partial charge in [0.1, 0.15) is 5.82 Å². The lowest BCUT2D eigenvalue weighted by molar-refractivity contribution is 0.777. The summed E-state index contributed by atoms with van der Waals surface area (Å²) >= 11 is 5.25. The summed E-state index contributed by atoms with van der Waals surface area (Å²) in [5, 5.41) is 6.91. The molecular weight excluding hydrogens is 278 g/mol. The third kappa shape index (κ3) is 5.52. The highest BCUT2D eigenvalue weighted by Gasteiger charge is 1.98. The second-order valence-corrected chi connectivity index (χ2v) is 5.60. The molecule has 0 atom stereocenters. The molecular formula is C17H21N3S. The Bertz CT molecular complexity index is 576. The first-order valence-electron chi connectivity index (χ1n) is 7.16. The Hall–Kier alpha value is -1.94. The van der Waals surface area contributed by atoms with Crippen LogP contribution in [-0.4, -0.2) is 16.6 Å². The summed E-state index contributed by atoms with van der Waals surface area (Å²) in [4.78, 5) is 4.26. The highest BCUT2D eigenvalue weighted by molar-refractivity contribution is 7.80. The molecule has 3 nitrogen and oxygen atoms in total. The number of anilines is 1. The van der Waals surface area contributed by atoms with E-state index in [1.54, 1.807) is 0 Å². The summed E-state index contributed by atoms with van der Waals surface area (Å²) < 4.78 is 0. The smallest absolute Gasteiger partial charge is 0.171 e. The second kappa shape index (κ2) is 7.74. The molecule has 0 radical (unpaired) electrons. The average Bonchev–Trinajstić information content (AvgIpc) is 2.48. The Morgan fingerprint density at radius 1 is 1.05 bits per heavy atom. The monoisotopic (exact) mass is 299 g/mol. The first-order valence-corrected chi connectivity index (χ1v) is 7.57. The van der Waals surface area contributed by atoms with E-state index >= 15 is 0 Å². The molecule has 2 rings (SSSR count). The summed E-state index contributed by atoms with van der Waals surface area (Å²) in [7, 11) is 0. The normalized spacial score (nSPS) is 10.2. The fourth-order valence-electron chi connectivity index (χ4n) is 1.95. The Labute approximate surface area is 131 Å². The zero-order chi connectivity index (χ0) is 15.1. The molecule has 0 bridgehead atoms. The van der Waals surface area contributed by atoms with Crippen LogP contribution in [0.15, 0.2) is 42.6 Å². The molecule has 0 unspecified atom stereocenters. The van der Waals surface area contributed by atoms with Gasteiger partial charge >= 0.3 is 0 Å². The summed E-state index contributed by atoms with van der Waals surface area (Å²) in [6.07, 6.45) is 3.92. The maximum Gasteiger partial charge on any atom is 0.171 e. The van der Waals surface area contributed by atoms with Crippen LogP contribution in [0.5, 0.6) is 0 Å². The first kappa shape index (κ1) is 15.4. The van der Waals surface area contributed by atoms with Gasteiger partial charge in [0, 0.05) is 12.7 Å². The van der Waals surface area contributed by atoms with Gasteiger partial charge in [0.25, 0.3) is 0 Å². The molecule has 1 aromatic carbocycles. The van der Waals surface area contributed by atoms with E-state index in [0.717, 1.165) is 30.8 Å². The van der Waals surface area contributed by atoms with E-state index in [1.807, 2.05) is 25.3 Å². The van der Waals surface area contributed by atoms with Gasteiger partial charge in [-0.2, -0.15) is 0 Å². The standard InChI is InChI=1S/C17H21N3S/c1-13-5-8-15(9-6-13)4-3-11-18-17(21)20-16-10-7-14(2)12-19-16/h5-10,12H,3-4,11H2,1-2H3,(H2,18,19,20,21). The van der Waals surface area contributed by atoms with Crippen LogP contribution >= 0.6 is 12.2 Å². The van der Waals surface area contributed by atoms with Gasteiger partial charge in [-0.15, -0.1) is 0 Å². The Morgan fingerprint density at radius 2 is 1.76 bits per heavy atom. The molecule has 0 amide bonds. The van der Waals surface area contributed by atoms with Crippen LogP contribution in [0.1, 0.15) is 23.1 Å². The highest BCUT2D eigenvalue weighted by atomic mass is 32.1. The number of rotatable bonds is 5. The first-order chi connectivity index (χ1) is 10.1. The number of aryl methyl sites for hydroxylation is 3. The quantitative estimate of drug-likeness (QED) is 0.653. The van der Waals surface area contributed by atoms with Gasteiger partial charge in [-0.1, -0.05) is 35.9 Å². The molecule has 1 heterocycles. The summed E-state index contributed by atoms with van der Waals surface area (Å²) in [6.45, 7) is 4.97. The van der Waals surface area contributed by atoms with E-state index in [0.29, 0.717) is 5.11 Å². The molecule has 2 N–H and O–H groups in total. The van der Waals surface area contributed by atoms with Crippen LogP contribution in [0.25, 0.3) is 0 Å². The Morgan fingerprint density at radius 3 is 2.43 bits per heavy atom. The number of thiocarbonyl (C=S) groups is 1. The highest BCUT2D eigenvalue weighted by Crippen LogP contribution is 2.06. The van der Waals surface area contributed by atoms with Gasteiger partial charge in [-0.05, 0) is 56.1 Å². The van der Waals surface area contributed by atoms with Crippen LogP contribution < -0.4 is 10.6 Å².